The average molecular weight is 422 g/mol. The summed E-state index contributed by atoms with van der Waals surface area (Å²) in [5.41, 5.74) is 0.792. The topological polar surface area (TPSA) is 72.8 Å². The van der Waals surface area contributed by atoms with Crippen molar-refractivity contribution < 1.29 is 23.0 Å². The van der Waals surface area contributed by atoms with E-state index in [-0.39, 0.29) is 28.7 Å². The number of aromatic nitrogens is 1. The van der Waals surface area contributed by atoms with Crippen molar-refractivity contribution in [3.05, 3.63) is 75.7 Å². The first-order valence-corrected chi connectivity index (χ1v) is 9.13. The SMILES string of the molecule is CCOCC1=C(C(=O)OC)C(c2ccc(F)cc2Cl)N=C(c2ncccc2F)N1. The van der Waals surface area contributed by atoms with Gasteiger partial charge in [0.1, 0.15) is 17.6 Å². The largest absolute Gasteiger partial charge is 0.466 e. The van der Waals surface area contributed by atoms with E-state index in [1.807, 2.05) is 0 Å². The van der Waals surface area contributed by atoms with Crippen LogP contribution in [0.1, 0.15) is 24.2 Å². The lowest BCUT2D eigenvalue weighted by atomic mass is 9.95. The Labute approximate surface area is 171 Å². The molecule has 6 nitrogen and oxygen atoms in total. The Morgan fingerprint density at radius 1 is 1.31 bits per heavy atom. The highest BCUT2D eigenvalue weighted by Gasteiger charge is 2.34. The summed E-state index contributed by atoms with van der Waals surface area (Å²) in [5, 5.41) is 2.99. The molecule has 2 aromatic rings. The van der Waals surface area contributed by atoms with Crippen LogP contribution in [0.25, 0.3) is 0 Å². The molecule has 1 aliphatic heterocycles. The van der Waals surface area contributed by atoms with Gasteiger partial charge in [-0.05, 0) is 31.2 Å². The van der Waals surface area contributed by atoms with Gasteiger partial charge < -0.3 is 14.8 Å². The third-order valence-corrected chi connectivity index (χ3v) is 4.55. The van der Waals surface area contributed by atoms with E-state index in [9.17, 15) is 13.6 Å². The number of benzene rings is 1. The smallest absolute Gasteiger partial charge is 0.338 e. The maximum Gasteiger partial charge on any atom is 0.338 e. The van der Waals surface area contributed by atoms with E-state index in [2.05, 4.69) is 15.3 Å². The fraction of sp³-hybridized carbons (Fsp3) is 0.250. The summed E-state index contributed by atoms with van der Waals surface area (Å²) < 4.78 is 38.3. The summed E-state index contributed by atoms with van der Waals surface area (Å²) in [4.78, 5) is 21.1. The van der Waals surface area contributed by atoms with Crippen molar-refractivity contribution in [2.24, 2.45) is 4.99 Å². The molecule has 3 rings (SSSR count). The molecular formula is C20H18ClF2N3O3. The molecule has 1 aromatic carbocycles. The third kappa shape index (κ3) is 4.44. The Balaban J connectivity index is 2.19. The van der Waals surface area contributed by atoms with Crippen LogP contribution in [0.2, 0.25) is 5.02 Å². The molecule has 1 aromatic heterocycles. The number of nitrogens with one attached hydrogen (secondary N) is 1. The quantitative estimate of drug-likeness (QED) is 0.722. The van der Waals surface area contributed by atoms with Crippen molar-refractivity contribution in [1.29, 1.82) is 0 Å². The van der Waals surface area contributed by atoms with E-state index in [1.165, 1.54) is 37.6 Å². The molecule has 0 fully saturated rings. The van der Waals surface area contributed by atoms with Gasteiger partial charge in [0.25, 0.3) is 0 Å². The molecule has 1 unspecified atom stereocenters. The number of nitrogens with zero attached hydrogens (tertiary/aromatic N) is 2. The third-order valence-electron chi connectivity index (χ3n) is 4.22. The van der Waals surface area contributed by atoms with Gasteiger partial charge in [0, 0.05) is 23.4 Å². The molecule has 152 valence electrons. The number of aliphatic imine (C=N–C) groups is 1. The summed E-state index contributed by atoms with van der Waals surface area (Å²) in [6.45, 7) is 2.19. The van der Waals surface area contributed by atoms with Gasteiger partial charge in [-0.25, -0.2) is 18.6 Å². The number of halogens is 3. The number of rotatable bonds is 6. The van der Waals surface area contributed by atoms with E-state index < -0.39 is 23.6 Å². The Morgan fingerprint density at radius 2 is 2.10 bits per heavy atom. The van der Waals surface area contributed by atoms with Gasteiger partial charge in [0.2, 0.25) is 0 Å². The normalized spacial score (nSPS) is 16.3. The van der Waals surface area contributed by atoms with Gasteiger partial charge in [-0.2, -0.15) is 0 Å². The van der Waals surface area contributed by atoms with Crippen LogP contribution in [0, 0.1) is 11.6 Å². The van der Waals surface area contributed by atoms with Crippen LogP contribution < -0.4 is 5.32 Å². The van der Waals surface area contributed by atoms with Crippen LogP contribution in [0.3, 0.4) is 0 Å². The summed E-state index contributed by atoms with van der Waals surface area (Å²) in [5.74, 6) is -1.71. The fourth-order valence-electron chi connectivity index (χ4n) is 2.89. The monoisotopic (exact) mass is 421 g/mol. The van der Waals surface area contributed by atoms with Crippen molar-refractivity contribution in [2.75, 3.05) is 20.3 Å². The first kappa shape index (κ1) is 20.9. The number of carbonyl (C=O) groups is 1. The Morgan fingerprint density at radius 3 is 2.76 bits per heavy atom. The second kappa shape index (κ2) is 9.11. The van der Waals surface area contributed by atoms with Crippen LogP contribution >= 0.6 is 11.6 Å². The number of amidine groups is 1. The van der Waals surface area contributed by atoms with Crippen molar-refractivity contribution >= 4 is 23.4 Å². The number of pyridine rings is 1. The van der Waals surface area contributed by atoms with Crippen LogP contribution in [-0.2, 0) is 14.3 Å². The van der Waals surface area contributed by atoms with Gasteiger partial charge >= 0.3 is 5.97 Å². The van der Waals surface area contributed by atoms with Crippen molar-refractivity contribution in [1.82, 2.24) is 10.3 Å². The minimum absolute atomic E-state index is 0.0176. The molecule has 9 heteroatoms. The zero-order valence-electron chi connectivity index (χ0n) is 15.7. The van der Waals surface area contributed by atoms with Crippen LogP contribution in [-0.4, -0.2) is 37.1 Å². The van der Waals surface area contributed by atoms with Gasteiger partial charge in [-0.3, -0.25) is 4.99 Å². The summed E-state index contributed by atoms with van der Waals surface area (Å²) in [6, 6.07) is 5.47. The lowest BCUT2D eigenvalue weighted by molar-refractivity contribution is -0.136. The average Bonchev–Trinajstić information content (AvgIpc) is 2.71. The number of hydrogen-bond acceptors (Lipinski definition) is 6. The van der Waals surface area contributed by atoms with E-state index in [1.54, 1.807) is 6.92 Å². The van der Waals surface area contributed by atoms with Crippen molar-refractivity contribution in [3.63, 3.8) is 0 Å². The summed E-state index contributed by atoms with van der Waals surface area (Å²) in [7, 11) is 1.23. The molecule has 1 atom stereocenters. The highest BCUT2D eigenvalue weighted by atomic mass is 35.5. The standard InChI is InChI=1S/C20H18ClF2N3O3/c1-3-29-10-15-16(20(27)28-2)17(12-7-6-11(22)9-13(12)21)26-19(25-15)18-14(23)5-4-8-24-18/h4-9,17H,3,10H2,1-2H3,(H,25,26). The maximum atomic E-state index is 14.3. The Hall–Kier alpha value is -2.84. The second-order valence-electron chi connectivity index (χ2n) is 6.03. The number of hydrogen-bond donors (Lipinski definition) is 1. The molecule has 29 heavy (non-hydrogen) atoms. The zero-order valence-corrected chi connectivity index (χ0v) is 16.5. The molecule has 0 saturated heterocycles. The number of methoxy groups -OCH3 is 1. The van der Waals surface area contributed by atoms with Crippen molar-refractivity contribution in [2.45, 2.75) is 13.0 Å². The minimum Gasteiger partial charge on any atom is -0.466 e. The summed E-state index contributed by atoms with van der Waals surface area (Å²) >= 11 is 6.23. The van der Waals surface area contributed by atoms with Gasteiger partial charge in [-0.15, -0.1) is 0 Å². The number of ether oxygens (including phenoxy) is 2. The van der Waals surface area contributed by atoms with E-state index in [0.717, 1.165) is 6.07 Å². The van der Waals surface area contributed by atoms with Crippen LogP contribution in [0.5, 0.6) is 0 Å². The number of carbonyl (C=O) groups excluding carboxylic acids is 1. The Kier molecular flexibility index (Phi) is 6.56. The first-order chi connectivity index (χ1) is 14.0. The van der Waals surface area contributed by atoms with Gasteiger partial charge in [0.05, 0.1) is 25.0 Å². The first-order valence-electron chi connectivity index (χ1n) is 8.76. The van der Waals surface area contributed by atoms with Crippen molar-refractivity contribution in [3.8, 4) is 0 Å². The van der Waals surface area contributed by atoms with Gasteiger partial charge in [-0.1, -0.05) is 17.7 Å². The minimum atomic E-state index is -0.969. The second-order valence-corrected chi connectivity index (χ2v) is 6.43. The molecule has 0 radical (unpaired) electrons. The highest BCUT2D eigenvalue weighted by molar-refractivity contribution is 6.31. The molecule has 0 saturated carbocycles. The fourth-order valence-corrected chi connectivity index (χ4v) is 3.16. The van der Waals surface area contributed by atoms with Crippen LogP contribution in [0.4, 0.5) is 8.78 Å². The Bertz CT molecular complexity index is 995. The molecule has 0 aliphatic carbocycles. The lowest BCUT2D eigenvalue weighted by Gasteiger charge is -2.27. The summed E-state index contributed by atoms with van der Waals surface area (Å²) in [6.07, 6.45) is 1.42. The predicted molar refractivity (Wildman–Crippen MR) is 104 cm³/mol. The molecular weight excluding hydrogens is 404 g/mol. The predicted octanol–water partition coefficient (Wildman–Crippen LogP) is 3.57. The zero-order chi connectivity index (χ0) is 21.0. The molecule has 0 bridgehead atoms. The molecule has 2 heterocycles. The molecule has 0 amide bonds. The molecule has 0 spiro atoms. The number of esters is 1. The van der Waals surface area contributed by atoms with E-state index in [4.69, 9.17) is 21.1 Å². The van der Waals surface area contributed by atoms with Gasteiger partial charge in [0.15, 0.2) is 11.7 Å². The maximum absolute atomic E-state index is 14.3. The van der Waals surface area contributed by atoms with E-state index >= 15 is 0 Å². The van der Waals surface area contributed by atoms with E-state index in [0.29, 0.717) is 17.9 Å². The highest BCUT2D eigenvalue weighted by Crippen LogP contribution is 2.36. The molecule has 1 aliphatic rings. The van der Waals surface area contributed by atoms with Crippen LogP contribution in [0.15, 0.2) is 52.8 Å². The molecule has 1 N–H and O–H groups in total. The lowest BCUT2D eigenvalue weighted by Crippen LogP contribution is -2.36.